The Bertz CT molecular complexity index is 375. The van der Waals surface area contributed by atoms with E-state index in [1.54, 1.807) is 13.8 Å². The smallest absolute Gasteiger partial charge is 0.326 e. The summed E-state index contributed by atoms with van der Waals surface area (Å²) in [7, 11) is 0. The number of carbonyl (C=O) groups is 3. The molecule has 0 aromatic rings. The third kappa shape index (κ3) is 7.76. The Hall–Kier alpha value is -2.10. The van der Waals surface area contributed by atoms with Crippen LogP contribution >= 0.6 is 0 Å². The molecule has 0 saturated carbocycles. The van der Waals surface area contributed by atoms with Crippen molar-refractivity contribution in [3.05, 3.63) is 0 Å². The first-order chi connectivity index (χ1) is 8.90. The van der Waals surface area contributed by atoms with Gasteiger partial charge in [0.1, 0.15) is 6.04 Å². The Morgan fingerprint density at radius 1 is 1.37 bits per heavy atom. The summed E-state index contributed by atoms with van der Waals surface area (Å²) in [5, 5.41) is 19.8. The molecular formula is C12H18N2O5. The molecule has 7 heteroatoms. The van der Waals surface area contributed by atoms with Crippen molar-refractivity contribution in [1.82, 2.24) is 5.32 Å². The summed E-state index contributed by atoms with van der Waals surface area (Å²) in [4.78, 5) is 33.4. The molecule has 0 fully saturated rings. The van der Waals surface area contributed by atoms with Crippen LogP contribution in [0.3, 0.4) is 0 Å². The van der Waals surface area contributed by atoms with Crippen LogP contribution in [0, 0.1) is 17.2 Å². The summed E-state index contributed by atoms with van der Waals surface area (Å²) in [5.41, 5.74) is 0. The average molecular weight is 270 g/mol. The quantitative estimate of drug-likeness (QED) is 0.618. The van der Waals surface area contributed by atoms with Gasteiger partial charge in [-0.3, -0.25) is 9.59 Å². The minimum absolute atomic E-state index is 0.0248. The molecule has 0 aromatic carbocycles. The van der Waals surface area contributed by atoms with Crippen LogP contribution in [0.1, 0.15) is 33.1 Å². The number of hydrogen-bond donors (Lipinski definition) is 2. The number of carboxylic acids is 1. The fourth-order valence-corrected chi connectivity index (χ4v) is 1.34. The van der Waals surface area contributed by atoms with Crippen LogP contribution < -0.4 is 5.32 Å². The molecule has 0 unspecified atom stereocenters. The first kappa shape index (κ1) is 16.9. The highest BCUT2D eigenvalue weighted by molar-refractivity contribution is 5.85. The van der Waals surface area contributed by atoms with E-state index in [1.165, 1.54) is 0 Å². The number of amides is 1. The van der Waals surface area contributed by atoms with Gasteiger partial charge >= 0.3 is 11.9 Å². The predicted molar refractivity (Wildman–Crippen MR) is 64.8 cm³/mol. The Labute approximate surface area is 111 Å². The van der Waals surface area contributed by atoms with Gasteiger partial charge in [-0.25, -0.2) is 4.79 Å². The second-order valence-corrected chi connectivity index (χ2v) is 4.03. The molecule has 0 heterocycles. The average Bonchev–Trinajstić information content (AvgIpc) is 2.35. The van der Waals surface area contributed by atoms with E-state index in [-0.39, 0.29) is 25.9 Å². The highest BCUT2D eigenvalue weighted by Crippen LogP contribution is 2.05. The number of carboxylic acid groups (broad SMARTS) is 1. The first-order valence-corrected chi connectivity index (χ1v) is 5.98. The summed E-state index contributed by atoms with van der Waals surface area (Å²) in [6.07, 6.45) is -0.208. The van der Waals surface area contributed by atoms with E-state index >= 15 is 0 Å². The van der Waals surface area contributed by atoms with E-state index < -0.39 is 29.8 Å². The Balaban J connectivity index is 4.22. The van der Waals surface area contributed by atoms with Crippen molar-refractivity contribution >= 4 is 17.8 Å². The van der Waals surface area contributed by atoms with Crippen LogP contribution in [0.2, 0.25) is 0 Å². The van der Waals surface area contributed by atoms with Gasteiger partial charge in [-0.05, 0) is 20.3 Å². The van der Waals surface area contributed by atoms with Gasteiger partial charge in [0, 0.05) is 12.3 Å². The van der Waals surface area contributed by atoms with Gasteiger partial charge in [-0.2, -0.15) is 5.26 Å². The van der Waals surface area contributed by atoms with Crippen LogP contribution in [0.15, 0.2) is 0 Å². The van der Waals surface area contributed by atoms with E-state index in [0.29, 0.717) is 0 Å². The number of nitrogens with one attached hydrogen (secondary N) is 1. The van der Waals surface area contributed by atoms with Gasteiger partial charge in [0.15, 0.2) is 0 Å². The highest BCUT2D eigenvalue weighted by Gasteiger charge is 2.22. The molecule has 106 valence electrons. The van der Waals surface area contributed by atoms with E-state index in [1.807, 2.05) is 6.07 Å². The fourth-order valence-electron chi connectivity index (χ4n) is 1.34. The van der Waals surface area contributed by atoms with Crippen molar-refractivity contribution in [3.63, 3.8) is 0 Å². The second-order valence-electron chi connectivity index (χ2n) is 4.03. The fraction of sp³-hybridized carbons (Fsp3) is 0.667. The van der Waals surface area contributed by atoms with Gasteiger partial charge < -0.3 is 15.2 Å². The second kappa shape index (κ2) is 8.91. The molecule has 0 spiro atoms. The third-order valence-electron chi connectivity index (χ3n) is 2.30. The van der Waals surface area contributed by atoms with Crippen LogP contribution in [0.4, 0.5) is 0 Å². The molecule has 2 N–H and O–H groups in total. The number of aliphatic carboxylic acids is 1. The largest absolute Gasteiger partial charge is 0.480 e. The zero-order chi connectivity index (χ0) is 14.8. The normalized spacial score (nSPS) is 12.9. The van der Waals surface area contributed by atoms with Gasteiger partial charge in [0.05, 0.1) is 19.1 Å². The van der Waals surface area contributed by atoms with Gasteiger partial charge in [0.2, 0.25) is 5.91 Å². The number of nitriles is 1. The molecule has 0 aliphatic carbocycles. The Morgan fingerprint density at radius 2 is 2.00 bits per heavy atom. The van der Waals surface area contributed by atoms with Crippen molar-refractivity contribution in [2.75, 3.05) is 6.61 Å². The molecule has 7 nitrogen and oxygen atoms in total. The summed E-state index contributed by atoms with van der Waals surface area (Å²) in [6, 6.07) is 0.781. The van der Waals surface area contributed by atoms with E-state index in [2.05, 4.69) is 10.1 Å². The maximum absolute atomic E-state index is 11.5. The van der Waals surface area contributed by atoms with Crippen LogP contribution in [-0.2, 0) is 19.1 Å². The Kier molecular flexibility index (Phi) is 7.93. The Morgan fingerprint density at radius 3 is 2.47 bits per heavy atom. The molecule has 0 aromatic heterocycles. The van der Waals surface area contributed by atoms with E-state index in [9.17, 15) is 14.4 Å². The van der Waals surface area contributed by atoms with Crippen molar-refractivity contribution in [1.29, 1.82) is 5.26 Å². The standard InChI is InChI=1S/C12H18N2O5/c1-3-19-11(16)5-4-10(15)14-9(12(17)18)6-8(2)7-13/h8-9H,3-6H2,1-2H3,(H,14,15)(H,17,18)/t8-,9-/m0/s1. The minimum Gasteiger partial charge on any atom is -0.480 e. The van der Waals surface area contributed by atoms with Gasteiger partial charge in [0.25, 0.3) is 0 Å². The van der Waals surface area contributed by atoms with Crippen LogP contribution in [0.25, 0.3) is 0 Å². The summed E-state index contributed by atoms with van der Waals surface area (Å²) in [5.74, 6) is -2.74. The predicted octanol–water partition coefficient (Wildman–Crippen LogP) is 0.449. The molecule has 1 amide bonds. The first-order valence-electron chi connectivity index (χ1n) is 5.98. The van der Waals surface area contributed by atoms with Crippen LogP contribution in [-0.4, -0.2) is 35.6 Å². The zero-order valence-corrected chi connectivity index (χ0v) is 11.0. The lowest BCUT2D eigenvalue weighted by molar-refractivity contribution is -0.145. The summed E-state index contributed by atoms with van der Waals surface area (Å²) in [6.45, 7) is 3.46. The maximum atomic E-state index is 11.5. The molecule has 0 aliphatic heterocycles. The molecule has 0 aliphatic rings. The number of hydrogen-bond acceptors (Lipinski definition) is 5. The molecule has 0 saturated heterocycles. The lowest BCUT2D eigenvalue weighted by Crippen LogP contribution is -2.41. The SMILES string of the molecule is CCOC(=O)CCC(=O)N[C@@H](C[C@H](C)C#N)C(=O)O. The van der Waals surface area contributed by atoms with E-state index in [0.717, 1.165) is 0 Å². The van der Waals surface area contributed by atoms with Crippen molar-refractivity contribution in [2.24, 2.45) is 5.92 Å². The number of nitrogens with zero attached hydrogens (tertiary/aromatic N) is 1. The zero-order valence-electron chi connectivity index (χ0n) is 11.0. The lowest BCUT2D eigenvalue weighted by Gasteiger charge is -2.15. The monoisotopic (exact) mass is 270 g/mol. The van der Waals surface area contributed by atoms with Gasteiger partial charge in [-0.15, -0.1) is 0 Å². The van der Waals surface area contributed by atoms with Crippen molar-refractivity contribution in [3.8, 4) is 6.07 Å². The molecular weight excluding hydrogens is 252 g/mol. The highest BCUT2D eigenvalue weighted by atomic mass is 16.5. The number of ether oxygens (including phenoxy) is 1. The molecule has 0 radical (unpaired) electrons. The van der Waals surface area contributed by atoms with E-state index in [4.69, 9.17) is 10.4 Å². The summed E-state index contributed by atoms with van der Waals surface area (Å²) < 4.78 is 4.65. The third-order valence-corrected chi connectivity index (χ3v) is 2.30. The minimum atomic E-state index is -1.20. The molecule has 0 rings (SSSR count). The van der Waals surface area contributed by atoms with Crippen LogP contribution in [0.5, 0.6) is 0 Å². The lowest BCUT2D eigenvalue weighted by atomic mass is 10.0. The number of esters is 1. The number of rotatable bonds is 8. The van der Waals surface area contributed by atoms with Gasteiger partial charge in [-0.1, -0.05) is 0 Å². The summed E-state index contributed by atoms with van der Waals surface area (Å²) >= 11 is 0. The van der Waals surface area contributed by atoms with Crippen molar-refractivity contribution in [2.45, 2.75) is 39.2 Å². The van der Waals surface area contributed by atoms with Crippen molar-refractivity contribution < 1.29 is 24.2 Å². The molecule has 0 bridgehead atoms. The molecule has 2 atom stereocenters. The maximum Gasteiger partial charge on any atom is 0.326 e. The number of carbonyl (C=O) groups excluding carboxylic acids is 2. The molecule has 19 heavy (non-hydrogen) atoms. The topological polar surface area (TPSA) is 116 Å².